The van der Waals surface area contributed by atoms with Crippen molar-refractivity contribution in [2.24, 2.45) is 11.3 Å². The second kappa shape index (κ2) is 7.34. The summed E-state index contributed by atoms with van der Waals surface area (Å²) in [6.45, 7) is 6.76. The number of carbonyl (C=O) groups excluding carboxylic acids is 2. The van der Waals surface area contributed by atoms with E-state index in [0.29, 0.717) is 22.1 Å². The van der Waals surface area contributed by atoms with E-state index in [4.69, 9.17) is 9.15 Å². The van der Waals surface area contributed by atoms with Crippen LogP contribution in [-0.2, 0) is 17.6 Å². The lowest BCUT2D eigenvalue weighted by atomic mass is 9.72. The van der Waals surface area contributed by atoms with Gasteiger partial charge in [-0.25, -0.2) is 4.79 Å². The van der Waals surface area contributed by atoms with Crippen molar-refractivity contribution in [3.63, 3.8) is 0 Å². The van der Waals surface area contributed by atoms with Crippen molar-refractivity contribution in [2.75, 3.05) is 12.4 Å². The summed E-state index contributed by atoms with van der Waals surface area (Å²) < 4.78 is 10.7. The highest BCUT2D eigenvalue weighted by Crippen LogP contribution is 2.44. The molecule has 5 nitrogen and oxygen atoms in total. The number of anilines is 1. The molecule has 0 spiro atoms. The van der Waals surface area contributed by atoms with Gasteiger partial charge in [-0.05, 0) is 48.3 Å². The minimum absolute atomic E-state index is 0.199. The van der Waals surface area contributed by atoms with Gasteiger partial charge in [0.25, 0.3) is 5.91 Å². The van der Waals surface area contributed by atoms with Gasteiger partial charge >= 0.3 is 5.97 Å². The number of esters is 1. The number of rotatable bonds is 3. The molecule has 29 heavy (non-hydrogen) atoms. The molecule has 6 heteroatoms. The van der Waals surface area contributed by atoms with Gasteiger partial charge < -0.3 is 14.5 Å². The largest absolute Gasteiger partial charge is 0.465 e. The van der Waals surface area contributed by atoms with Crippen molar-refractivity contribution in [1.82, 2.24) is 0 Å². The Kier molecular flexibility index (Phi) is 4.99. The first-order valence-electron chi connectivity index (χ1n) is 9.80. The molecule has 1 aliphatic carbocycles. The van der Waals surface area contributed by atoms with E-state index in [0.717, 1.165) is 35.1 Å². The molecule has 3 aromatic rings. The minimum Gasteiger partial charge on any atom is -0.465 e. The SMILES string of the molecule is COC(=O)c1c(NC(=O)c2cc3ccccc3o2)sc2c1CCC(C(C)(C)C)C2. The molecule has 4 rings (SSSR count). The maximum absolute atomic E-state index is 12.8. The van der Waals surface area contributed by atoms with Crippen molar-refractivity contribution < 1.29 is 18.7 Å². The molecule has 1 unspecified atom stereocenters. The zero-order chi connectivity index (χ0) is 20.8. The summed E-state index contributed by atoms with van der Waals surface area (Å²) in [5.74, 6) is -0.00652. The summed E-state index contributed by atoms with van der Waals surface area (Å²) >= 11 is 1.48. The quantitative estimate of drug-likeness (QED) is 0.563. The van der Waals surface area contributed by atoms with Gasteiger partial charge in [-0.15, -0.1) is 11.3 Å². The second-order valence-corrected chi connectivity index (χ2v) is 9.71. The van der Waals surface area contributed by atoms with Crippen molar-refractivity contribution in [2.45, 2.75) is 40.0 Å². The molecule has 0 aliphatic heterocycles. The molecule has 1 aliphatic rings. The molecule has 1 aromatic carbocycles. The number of hydrogen-bond donors (Lipinski definition) is 1. The van der Waals surface area contributed by atoms with Gasteiger partial charge in [-0.3, -0.25) is 4.79 Å². The summed E-state index contributed by atoms with van der Waals surface area (Å²) in [4.78, 5) is 26.5. The van der Waals surface area contributed by atoms with Crippen LogP contribution in [0.15, 0.2) is 34.7 Å². The fourth-order valence-corrected chi connectivity index (χ4v) is 5.30. The number of para-hydroxylation sites is 1. The van der Waals surface area contributed by atoms with Crippen LogP contribution in [0, 0.1) is 11.3 Å². The van der Waals surface area contributed by atoms with E-state index in [1.165, 1.54) is 18.4 Å². The number of amides is 1. The van der Waals surface area contributed by atoms with Crippen LogP contribution in [0.3, 0.4) is 0 Å². The van der Waals surface area contributed by atoms with Crippen LogP contribution >= 0.6 is 11.3 Å². The molecule has 2 aromatic heterocycles. The third kappa shape index (κ3) is 3.69. The molecule has 1 atom stereocenters. The van der Waals surface area contributed by atoms with Crippen LogP contribution in [0.1, 0.15) is 58.5 Å². The number of carbonyl (C=O) groups is 2. The first kappa shape index (κ1) is 19.7. The molecule has 152 valence electrons. The number of benzene rings is 1. The number of ether oxygens (including phenoxy) is 1. The Morgan fingerprint density at radius 1 is 1.24 bits per heavy atom. The van der Waals surface area contributed by atoms with Crippen LogP contribution in [0.2, 0.25) is 0 Å². The number of furan rings is 1. The molecule has 0 bridgehead atoms. The molecule has 1 amide bonds. The molecule has 0 radical (unpaired) electrons. The summed E-state index contributed by atoms with van der Waals surface area (Å²) in [6.07, 6.45) is 2.75. The summed E-state index contributed by atoms with van der Waals surface area (Å²) in [5, 5.41) is 4.31. The van der Waals surface area contributed by atoms with Gasteiger partial charge in [-0.2, -0.15) is 0 Å². The van der Waals surface area contributed by atoms with Gasteiger partial charge in [-0.1, -0.05) is 39.0 Å². The maximum atomic E-state index is 12.8. The van der Waals surface area contributed by atoms with Crippen LogP contribution < -0.4 is 5.32 Å². The highest BCUT2D eigenvalue weighted by molar-refractivity contribution is 7.17. The normalized spacial score (nSPS) is 16.5. The number of hydrogen-bond acceptors (Lipinski definition) is 5. The van der Waals surface area contributed by atoms with Gasteiger partial charge in [0.15, 0.2) is 5.76 Å². The smallest absolute Gasteiger partial charge is 0.341 e. The van der Waals surface area contributed by atoms with Crippen LogP contribution in [0.5, 0.6) is 0 Å². The summed E-state index contributed by atoms with van der Waals surface area (Å²) in [6, 6.07) is 9.19. The standard InChI is InChI=1S/C23H25NO4S/c1-23(2,3)14-9-10-15-18(12-14)29-21(19(15)22(26)27-4)24-20(25)17-11-13-7-5-6-8-16(13)28-17/h5-8,11,14H,9-10,12H2,1-4H3,(H,24,25). The molecule has 0 fully saturated rings. The highest BCUT2D eigenvalue weighted by atomic mass is 32.1. The molecular weight excluding hydrogens is 386 g/mol. The van der Waals surface area contributed by atoms with Gasteiger partial charge in [0.1, 0.15) is 10.6 Å². The Labute approximate surface area is 174 Å². The molecule has 0 saturated carbocycles. The molecule has 1 N–H and O–H groups in total. The average Bonchev–Trinajstić information content (AvgIpc) is 3.27. The third-order valence-electron chi connectivity index (χ3n) is 5.76. The summed E-state index contributed by atoms with van der Waals surface area (Å²) in [7, 11) is 1.37. The fourth-order valence-electron chi connectivity index (χ4n) is 3.99. The van der Waals surface area contributed by atoms with E-state index in [-0.39, 0.29) is 17.1 Å². The van der Waals surface area contributed by atoms with Crippen molar-refractivity contribution in [1.29, 1.82) is 0 Å². The number of methoxy groups -OCH3 is 1. The third-order valence-corrected chi connectivity index (χ3v) is 6.93. The van der Waals surface area contributed by atoms with E-state index < -0.39 is 5.97 Å². The first-order chi connectivity index (χ1) is 13.8. The Balaban J connectivity index is 1.67. The molecule has 0 saturated heterocycles. The van der Waals surface area contributed by atoms with Crippen molar-refractivity contribution in [3.8, 4) is 0 Å². The minimum atomic E-state index is -0.406. The topological polar surface area (TPSA) is 68.5 Å². The fraction of sp³-hybridized carbons (Fsp3) is 0.391. The monoisotopic (exact) mass is 411 g/mol. The Morgan fingerprint density at radius 2 is 2.00 bits per heavy atom. The number of nitrogens with one attached hydrogen (secondary N) is 1. The van der Waals surface area contributed by atoms with Crippen molar-refractivity contribution >= 4 is 39.2 Å². The van der Waals surface area contributed by atoms with E-state index in [9.17, 15) is 9.59 Å². The van der Waals surface area contributed by atoms with Gasteiger partial charge in [0.05, 0.1) is 12.7 Å². The molecular formula is C23H25NO4S. The van der Waals surface area contributed by atoms with E-state index in [1.54, 1.807) is 6.07 Å². The van der Waals surface area contributed by atoms with Gasteiger partial charge in [0, 0.05) is 10.3 Å². The average molecular weight is 412 g/mol. The van der Waals surface area contributed by atoms with E-state index >= 15 is 0 Å². The predicted octanol–water partition coefficient (Wildman–Crippen LogP) is 5.68. The lowest BCUT2D eigenvalue weighted by Gasteiger charge is -2.33. The van der Waals surface area contributed by atoms with Crippen LogP contribution in [0.4, 0.5) is 5.00 Å². The second-order valence-electron chi connectivity index (χ2n) is 8.61. The Morgan fingerprint density at radius 3 is 2.69 bits per heavy atom. The van der Waals surface area contributed by atoms with E-state index in [1.807, 2.05) is 24.3 Å². The molecule has 2 heterocycles. The van der Waals surface area contributed by atoms with E-state index in [2.05, 4.69) is 26.1 Å². The van der Waals surface area contributed by atoms with Crippen LogP contribution in [-0.4, -0.2) is 19.0 Å². The maximum Gasteiger partial charge on any atom is 0.341 e. The van der Waals surface area contributed by atoms with Crippen molar-refractivity contribution in [3.05, 3.63) is 52.1 Å². The zero-order valence-corrected chi connectivity index (χ0v) is 17.9. The first-order valence-corrected chi connectivity index (χ1v) is 10.6. The lowest BCUT2D eigenvalue weighted by molar-refractivity contribution is 0.0600. The number of thiophene rings is 1. The summed E-state index contributed by atoms with van der Waals surface area (Å²) in [5.41, 5.74) is 2.36. The number of fused-ring (bicyclic) bond motifs is 2. The highest BCUT2D eigenvalue weighted by Gasteiger charge is 2.34. The predicted molar refractivity (Wildman–Crippen MR) is 115 cm³/mol. The van der Waals surface area contributed by atoms with Gasteiger partial charge in [0.2, 0.25) is 0 Å². The lowest BCUT2D eigenvalue weighted by Crippen LogP contribution is -2.26. The Hall–Kier alpha value is -2.60. The van der Waals surface area contributed by atoms with Crippen LogP contribution in [0.25, 0.3) is 11.0 Å². The Bertz CT molecular complexity index is 1050. The zero-order valence-electron chi connectivity index (χ0n) is 17.1.